The number of amides is 1. The van der Waals surface area contributed by atoms with E-state index in [1.54, 1.807) is 0 Å². The molecule has 0 aromatic rings. The average Bonchev–Trinajstić information content (AvgIpc) is 2.28. The molecule has 0 aromatic carbocycles. The predicted molar refractivity (Wildman–Crippen MR) is 70.8 cm³/mol. The van der Waals surface area contributed by atoms with E-state index in [1.807, 2.05) is 0 Å². The molecule has 3 heteroatoms. The molecule has 2 nitrogen and oxygen atoms in total. The Morgan fingerprint density at radius 1 is 1.19 bits per heavy atom. The Morgan fingerprint density at radius 2 is 1.81 bits per heavy atom. The number of hydrogen-bond donors (Lipinski definition) is 1. The van der Waals surface area contributed by atoms with Crippen LogP contribution < -0.4 is 5.32 Å². The Bertz CT molecular complexity index is 175. The SMILES string of the molecule is CCCC(CCCl)CNC(=O)C(CC)CC. The lowest BCUT2D eigenvalue weighted by Gasteiger charge is -2.18. The minimum absolute atomic E-state index is 0.179. The third kappa shape index (κ3) is 6.37. The number of nitrogens with one attached hydrogen (secondary N) is 1. The molecule has 0 aliphatic rings. The first-order valence-corrected chi connectivity index (χ1v) is 7.06. The van der Waals surface area contributed by atoms with E-state index < -0.39 is 0 Å². The van der Waals surface area contributed by atoms with Crippen LogP contribution in [-0.4, -0.2) is 18.3 Å². The first kappa shape index (κ1) is 15.8. The number of carbonyl (C=O) groups excluding carboxylic acids is 1. The highest BCUT2D eigenvalue weighted by Gasteiger charge is 2.15. The summed E-state index contributed by atoms with van der Waals surface area (Å²) in [5, 5.41) is 3.06. The van der Waals surface area contributed by atoms with Crippen molar-refractivity contribution in [2.24, 2.45) is 11.8 Å². The number of alkyl halides is 1. The maximum atomic E-state index is 11.8. The second kappa shape index (κ2) is 9.95. The summed E-state index contributed by atoms with van der Waals surface area (Å²) in [5.41, 5.74) is 0. The fraction of sp³-hybridized carbons (Fsp3) is 0.923. The summed E-state index contributed by atoms with van der Waals surface area (Å²) >= 11 is 5.75. The Balaban J connectivity index is 3.93. The van der Waals surface area contributed by atoms with Crippen LogP contribution in [0.15, 0.2) is 0 Å². The number of carbonyl (C=O) groups is 1. The van der Waals surface area contributed by atoms with Gasteiger partial charge in [0.25, 0.3) is 0 Å². The van der Waals surface area contributed by atoms with Gasteiger partial charge in [0.15, 0.2) is 0 Å². The highest BCUT2D eigenvalue weighted by atomic mass is 35.5. The highest BCUT2D eigenvalue weighted by Crippen LogP contribution is 2.12. The standard InChI is InChI=1S/C13H26ClNO/c1-4-7-11(8-9-14)10-15-13(16)12(5-2)6-3/h11-12H,4-10H2,1-3H3,(H,15,16). The number of rotatable bonds is 9. The van der Waals surface area contributed by atoms with Crippen molar-refractivity contribution in [2.75, 3.05) is 12.4 Å². The van der Waals surface area contributed by atoms with Crippen LogP contribution in [0.5, 0.6) is 0 Å². The van der Waals surface area contributed by atoms with Gasteiger partial charge in [-0.2, -0.15) is 0 Å². The second-order valence-electron chi connectivity index (χ2n) is 4.39. The Hall–Kier alpha value is -0.240. The zero-order valence-corrected chi connectivity index (χ0v) is 11.6. The number of hydrogen-bond acceptors (Lipinski definition) is 1. The molecular formula is C13H26ClNO. The molecule has 1 unspecified atom stereocenters. The Morgan fingerprint density at radius 3 is 2.25 bits per heavy atom. The maximum absolute atomic E-state index is 11.8. The quantitative estimate of drug-likeness (QED) is 0.620. The molecule has 0 saturated heterocycles. The van der Waals surface area contributed by atoms with E-state index in [0.717, 1.165) is 38.6 Å². The van der Waals surface area contributed by atoms with Gasteiger partial charge in [-0.1, -0.05) is 27.2 Å². The third-order valence-corrected chi connectivity index (χ3v) is 3.35. The van der Waals surface area contributed by atoms with Crippen LogP contribution in [0, 0.1) is 11.8 Å². The summed E-state index contributed by atoms with van der Waals surface area (Å²) in [6.07, 6.45) is 5.16. The fourth-order valence-electron chi connectivity index (χ4n) is 1.96. The van der Waals surface area contributed by atoms with Gasteiger partial charge in [-0.3, -0.25) is 4.79 Å². The molecule has 0 saturated carbocycles. The van der Waals surface area contributed by atoms with Crippen LogP contribution in [0.3, 0.4) is 0 Å². The van der Waals surface area contributed by atoms with Gasteiger partial charge in [-0.05, 0) is 31.6 Å². The molecule has 0 radical (unpaired) electrons. The van der Waals surface area contributed by atoms with Crippen molar-refractivity contribution in [1.29, 1.82) is 0 Å². The molecule has 1 amide bonds. The topological polar surface area (TPSA) is 29.1 Å². The lowest BCUT2D eigenvalue weighted by Crippen LogP contribution is -2.34. The molecule has 1 N–H and O–H groups in total. The van der Waals surface area contributed by atoms with Crippen LogP contribution in [0.2, 0.25) is 0 Å². The van der Waals surface area contributed by atoms with E-state index in [4.69, 9.17) is 11.6 Å². The summed E-state index contributed by atoms with van der Waals surface area (Å²) in [6.45, 7) is 7.09. The minimum Gasteiger partial charge on any atom is -0.356 e. The molecule has 16 heavy (non-hydrogen) atoms. The molecule has 96 valence electrons. The van der Waals surface area contributed by atoms with Gasteiger partial charge in [-0.15, -0.1) is 11.6 Å². The summed E-state index contributed by atoms with van der Waals surface area (Å²) in [6, 6.07) is 0. The molecule has 0 heterocycles. The molecule has 0 aromatic heterocycles. The van der Waals surface area contributed by atoms with Gasteiger partial charge in [0.1, 0.15) is 0 Å². The van der Waals surface area contributed by atoms with E-state index in [1.165, 1.54) is 0 Å². The zero-order chi connectivity index (χ0) is 12.4. The molecule has 0 aliphatic carbocycles. The third-order valence-electron chi connectivity index (χ3n) is 3.14. The van der Waals surface area contributed by atoms with E-state index in [0.29, 0.717) is 11.8 Å². The maximum Gasteiger partial charge on any atom is 0.223 e. The monoisotopic (exact) mass is 247 g/mol. The van der Waals surface area contributed by atoms with E-state index in [9.17, 15) is 4.79 Å². The van der Waals surface area contributed by atoms with Crippen molar-refractivity contribution in [1.82, 2.24) is 5.32 Å². The van der Waals surface area contributed by atoms with Crippen LogP contribution in [0.25, 0.3) is 0 Å². The van der Waals surface area contributed by atoms with Crippen LogP contribution >= 0.6 is 11.6 Å². The van der Waals surface area contributed by atoms with E-state index in [2.05, 4.69) is 26.1 Å². The molecular weight excluding hydrogens is 222 g/mol. The van der Waals surface area contributed by atoms with Gasteiger partial charge in [0, 0.05) is 18.3 Å². The smallest absolute Gasteiger partial charge is 0.223 e. The van der Waals surface area contributed by atoms with Gasteiger partial charge < -0.3 is 5.32 Å². The van der Waals surface area contributed by atoms with E-state index in [-0.39, 0.29) is 11.8 Å². The van der Waals surface area contributed by atoms with Crippen molar-refractivity contribution in [3.8, 4) is 0 Å². The predicted octanol–water partition coefficient (Wildman–Crippen LogP) is 3.58. The lowest BCUT2D eigenvalue weighted by atomic mass is 9.99. The Kier molecular flexibility index (Phi) is 9.80. The van der Waals surface area contributed by atoms with Crippen molar-refractivity contribution in [2.45, 2.75) is 52.9 Å². The number of halogens is 1. The first-order valence-electron chi connectivity index (χ1n) is 6.53. The second-order valence-corrected chi connectivity index (χ2v) is 4.77. The fourth-order valence-corrected chi connectivity index (χ4v) is 2.27. The van der Waals surface area contributed by atoms with E-state index >= 15 is 0 Å². The van der Waals surface area contributed by atoms with Gasteiger partial charge in [0.2, 0.25) is 5.91 Å². The van der Waals surface area contributed by atoms with Crippen molar-refractivity contribution < 1.29 is 4.79 Å². The van der Waals surface area contributed by atoms with Crippen molar-refractivity contribution in [3.63, 3.8) is 0 Å². The molecule has 0 aliphatic heterocycles. The molecule has 1 atom stereocenters. The highest BCUT2D eigenvalue weighted by molar-refractivity contribution is 6.17. The largest absolute Gasteiger partial charge is 0.356 e. The van der Waals surface area contributed by atoms with Crippen LogP contribution in [0.1, 0.15) is 52.9 Å². The van der Waals surface area contributed by atoms with Crippen molar-refractivity contribution in [3.05, 3.63) is 0 Å². The molecule has 0 spiro atoms. The van der Waals surface area contributed by atoms with Gasteiger partial charge in [0.05, 0.1) is 0 Å². The minimum atomic E-state index is 0.179. The summed E-state index contributed by atoms with van der Waals surface area (Å²) < 4.78 is 0. The molecule has 0 fully saturated rings. The van der Waals surface area contributed by atoms with Crippen LogP contribution in [-0.2, 0) is 4.79 Å². The molecule has 0 bridgehead atoms. The van der Waals surface area contributed by atoms with Crippen molar-refractivity contribution >= 4 is 17.5 Å². The molecule has 0 rings (SSSR count). The average molecular weight is 248 g/mol. The first-order chi connectivity index (χ1) is 7.69. The summed E-state index contributed by atoms with van der Waals surface area (Å²) in [4.78, 5) is 11.8. The summed E-state index contributed by atoms with van der Waals surface area (Å²) in [5.74, 6) is 1.62. The summed E-state index contributed by atoms with van der Waals surface area (Å²) in [7, 11) is 0. The lowest BCUT2D eigenvalue weighted by molar-refractivity contribution is -0.125. The van der Waals surface area contributed by atoms with Gasteiger partial charge in [-0.25, -0.2) is 0 Å². The van der Waals surface area contributed by atoms with Crippen LogP contribution in [0.4, 0.5) is 0 Å². The Labute approximate surface area is 105 Å². The normalized spacial score (nSPS) is 12.8. The zero-order valence-electron chi connectivity index (χ0n) is 10.9. The van der Waals surface area contributed by atoms with Gasteiger partial charge >= 0.3 is 0 Å².